The molecule has 2 aliphatic carbocycles. The van der Waals surface area contributed by atoms with E-state index in [-0.39, 0.29) is 10.8 Å². The minimum Gasteiger partial charge on any atom is -0.294 e. The average molecular weight is 333 g/mol. The maximum Gasteiger partial charge on any atom is 0.165 e. The van der Waals surface area contributed by atoms with Crippen LogP contribution in [0.2, 0.25) is 0 Å². The van der Waals surface area contributed by atoms with Gasteiger partial charge in [0.25, 0.3) is 0 Å². The van der Waals surface area contributed by atoms with Crippen LogP contribution in [0.3, 0.4) is 0 Å². The largest absolute Gasteiger partial charge is 0.294 e. The molecule has 2 fully saturated rings. The number of rotatable bonds is 2. The molecular formula is C18H21BrO. The molecule has 2 unspecified atom stereocenters. The van der Waals surface area contributed by atoms with Gasteiger partial charge in [0.15, 0.2) is 5.78 Å². The van der Waals surface area contributed by atoms with Gasteiger partial charge >= 0.3 is 0 Å². The Morgan fingerprint density at radius 2 is 1.90 bits per heavy atom. The monoisotopic (exact) mass is 332 g/mol. The molecule has 1 aromatic carbocycles. The Morgan fingerprint density at radius 3 is 2.40 bits per heavy atom. The smallest absolute Gasteiger partial charge is 0.165 e. The van der Waals surface area contributed by atoms with Crippen molar-refractivity contribution < 1.29 is 4.79 Å². The van der Waals surface area contributed by atoms with Crippen LogP contribution in [0.4, 0.5) is 0 Å². The zero-order valence-corrected chi connectivity index (χ0v) is 14.0. The van der Waals surface area contributed by atoms with Gasteiger partial charge in [-0.3, -0.25) is 4.79 Å². The molecule has 1 nitrogen and oxygen atoms in total. The lowest BCUT2D eigenvalue weighted by Crippen LogP contribution is -2.32. The van der Waals surface area contributed by atoms with Gasteiger partial charge in [-0.2, -0.15) is 0 Å². The van der Waals surface area contributed by atoms with Gasteiger partial charge in [0.1, 0.15) is 0 Å². The summed E-state index contributed by atoms with van der Waals surface area (Å²) >= 11 is 3.46. The predicted molar refractivity (Wildman–Crippen MR) is 86.7 cm³/mol. The Bertz CT molecular complexity index is 582. The summed E-state index contributed by atoms with van der Waals surface area (Å²) in [5.41, 5.74) is 3.41. The van der Waals surface area contributed by atoms with E-state index in [0.29, 0.717) is 11.7 Å². The van der Waals surface area contributed by atoms with E-state index in [1.165, 1.54) is 5.56 Å². The first kappa shape index (κ1) is 14.1. The van der Waals surface area contributed by atoms with E-state index in [1.54, 1.807) is 0 Å². The quantitative estimate of drug-likeness (QED) is 0.550. The molecule has 0 aromatic heterocycles. The molecule has 1 aromatic rings. The Hall–Kier alpha value is -0.890. The summed E-state index contributed by atoms with van der Waals surface area (Å²) in [6.45, 7) is 6.68. The fraction of sp³-hybridized carbons (Fsp3) is 0.500. The van der Waals surface area contributed by atoms with Crippen molar-refractivity contribution in [2.75, 3.05) is 0 Å². The molecule has 2 atom stereocenters. The minimum absolute atomic E-state index is 0.103. The second kappa shape index (κ2) is 4.56. The molecule has 2 heteroatoms. The van der Waals surface area contributed by atoms with Gasteiger partial charge in [0, 0.05) is 10.7 Å². The van der Waals surface area contributed by atoms with Crippen LogP contribution >= 0.6 is 15.9 Å². The zero-order chi connectivity index (χ0) is 14.5. The molecule has 3 rings (SSSR count). The third-order valence-electron chi connectivity index (χ3n) is 5.82. The van der Waals surface area contributed by atoms with Crippen LogP contribution in [0.1, 0.15) is 44.7 Å². The van der Waals surface area contributed by atoms with Gasteiger partial charge in [-0.05, 0) is 47.0 Å². The molecule has 2 aliphatic rings. The molecule has 2 bridgehead atoms. The summed E-state index contributed by atoms with van der Waals surface area (Å²) < 4.78 is 0. The number of ketones is 1. The van der Waals surface area contributed by atoms with Crippen LogP contribution in [0.25, 0.3) is 6.08 Å². The number of fused-ring (bicyclic) bond motifs is 2. The standard InChI is InChI=1S/C18H21BrO/c1-17(2)15-8-9-18(17,3)16(20)14(15)10-12-4-6-13(11-19)7-5-12/h4-7,10,15H,8-9,11H2,1-3H3/b14-10-. The fourth-order valence-electron chi connectivity index (χ4n) is 3.98. The van der Waals surface area contributed by atoms with Crippen LogP contribution in [-0.4, -0.2) is 5.78 Å². The van der Waals surface area contributed by atoms with Crippen LogP contribution in [-0.2, 0) is 10.1 Å². The summed E-state index contributed by atoms with van der Waals surface area (Å²) in [5.74, 6) is 0.805. The summed E-state index contributed by atoms with van der Waals surface area (Å²) in [6, 6.07) is 8.45. The van der Waals surface area contributed by atoms with Crippen molar-refractivity contribution >= 4 is 27.8 Å². The highest BCUT2D eigenvalue weighted by Crippen LogP contribution is 2.65. The van der Waals surface area contributed by atoms with Crippen molar-refractivity contribution in [3.63, 3.8) is 0 Å². The first-order chi connectivity index (χ1) is 9.40. The van der Waals surface area contributed by atoms with E-state index in [1.807, 2.05) is 0 Å². The highest BCUT2D eigenvalue weighted by atomic mass is 79.9. The lowest BCUT2D eigenvalue weighted by atomic mass is 9.70. The molecule has 0 heterocycles. The maximum atomic E-state index is 12.8. The predicted octanol–water partition coefficient (Wildman–Crippen LogP) is 4.99. The van der Waals surface area contributed by atoms with E-state index >= 15 is 0 Å². The number of allylic oxidation sites excluding steroid dienone is 1. The summed E-state index contributed by atoms with van der Waals surface area (Å²) in [7, 11) is 0. The number of halogens is 1. The van der Waals surface area contributed by atoms with E-state index < -0.39 is 0 Å². The number of hydrogen-bond acceptors (Lipinski definition) is 1. The fourth-order valence-corrected chi connectivity index (χ4v) is 4.35. The molecule has 0 saturated heterocycles. The molecule has 20 heavy (non-hydrogen) atoms. The third-order valence-corrected chi connectivity index (χ3v) is 6.47. The van der Waals surface area contributed by atoms with Crippen molar-refractivity contribution in [3.8, 4) is 0 Å². The Balaban J connectivity index is 1.99. The number of benzene rings is 1. The van der Waals surface area contributed by atoms with Gasteiger partial charge < -0.3 is 0 Å². The van der Waals surface area contributed by atoms with Crippen molar-refractivity contribution in [1.29, 1.82) is 0 Å². The van der Waals surface area contributed by atoms with Gasteiger partial charge in [-0.25, -0.2) is 0 Å². The first-order valence-corrected chi connectivity index (χ1v) is 8.43. The third kappa shape index (κ3) is 1.77. The SMILES string of the molecule is CC12CCC(/C(=C/c3ccc(CBr)cc3)C1=O)C2(C)C. The van der Waals surface area contributed by atoms with Crippen molar-refractivity contribution in [1.82, 2.24) is 0 Å². The van der Waals surface area contributed by atoms with Crippen molar-refractivity contribution in [2.45, 2.75) is 38.9 Å². The molecule has 0 N–H and O–H groups in total. The van der Waals surface area contributed by atoms with Crippen LogP contribution < -0.4 is 0 Å². The van der Waals surface area contributed by atoms with E-state index in [2.05, 4.69) is 67.0 Å². The van der Waals surface area contributed by atoms with E-state index in [0.717, 1.165) is 29.3 Å². The highest BCUT2D eigenvalue weighted by Gasteiger charge is 2.63. The van der Waals surface area contributed by atoms with Gasteiger partial charge in [0.2, 0.25) is 0 Å². The molecule has 0 aliphatic heterocycles. The molecule has 106 valence electrons. The lowest BCUT2D eigenvalue weighted by Gasteiger charge is -2.31. The topological polar surface area (TPSA) is 17.1 Å². The Kier molecular flexibility index (Phi) is 3.20. The number of Topliss-reactive ketones (excluding diaryl/α,β-unsaturated/α-hetero) is 1. The number of carbonyl (C=O) groups is 1. The van der Waals surface area contributed by atoms with E-state index in [4.69, 9.17) is 0 Å². The number of carbonyl (C=O) groups excluding carboxylic acids is 1. The van der Waals surface area contributed by atoms with Crippen LogP contribution in [0.15, 0.2) is 29.8 Å². The van der Waals surface area contributed by atoms with Crippen molar-refractivity contribution in [2.24, 2.45) is 16.7 Å². The van der Waals surface area contributed by atoms with Gasteiger partial charge in [-0.15, -0.1) is 0 Å². The zero-order valence-electron chi connectivity index (χ0n) is 12.4. The minimum atomic E-state index is -0.153. The normalized spacial score (nSPS) is 33.1. The molecule has 0 radical (unpaired) electrons. The molecule has 2 saturated carbocycles. The summed E-state index contributed by atoms with van der Waals surface area (Å²) in [6.07, 6.45) is 4.32. The second-order valence-corrected chi connectivity index (χ2v) is 7.51. The van der Waals surface area contributed by atoms with Gasteiger partial charge in [-0.1, -0.05) is 61.0 Å². The number of hydrogen-bond donors (Lipinski definition) is 0. The summed E-state index contributed by atoms with van der Waals surface area (Å²) in [4.78, 5) is 12.8. The van der Waals surface area contributed by atoms with Crippen molar-refractivity contribution in [3.05, 3.63) is 41.0 Å². The highest BCUT2D eigenvalue weighted by molar-refractivity contribution is 9.08. The Labute approximate surface area is 129 Å². The molecular weight excluding hydrogens is 312 g/mol. The lowest BCUT2D eigenvalue weighted by molar-refractivity contribution is -0.125. The Morgan fingerprint density at radius 1 is 1.25 bits per heavy atom. The summed E-state index contributed by atoms with van der Waals surface area (Å²) in [5, 5.41) is 0.872. The molecule has 0 amide bonds. The van der Waals surface area contributed by atoms with Gasteiger partial charge in [0.05, 0.1) is 0 Å². The second-order valence-electron chi connectivity index (χ2n) is 6.95. The van der Waals surface area contributed by atoms with Crippen LogP contribution in [0.5, 0.6) is 0 Å². The first-order valence-electron chi connectivity index (χ1n) is 7.31. The number of alkyl halides is 1. The molecule has 0 spiro atoms. The average Bonchev–Trinajstić information content (AvgIpc) is 2.74. The maximum absolute atomic E-state index is 12.8. The van der Waals surface area contributed by atoms with Crippen LogP contribution in [0, 0.1) is 16.7 Å². The van der Waals surface area contributed by atoms with E-state index in [9.17, 15) is 4.79 Å².